The number of rotatable bonds is 3. The Kier molecular flexibility index (Phi) is 4.59. The van der Waals surface area contributed by atoms with Crippen LogP contribution < -0.4 is 0 Å². The molecule has 4 heteroatoms. The van der Waals surface area contributed by atoms with Crippen LogP contribution in [0.3, 0.4) is 0 Å². The molecule has 1 nitrogen and oxygen atoms in total. The fourth-order valence-corrected chi connectivity index (χ4v) is 2.99. The highest BCUT2D eigenvalue weighted by Crippen LogP contribution is 2.37. The second kappa shape index (κ2) is 5.79. The number of ether oxygens (including phenoxy) is 1. The molecule has 0 spiro atoms. The molecule has 1 aromatic rings. The van der Waals surface area contributed by atoms with Crippen LogP contribution in [-0.4, -0.2) is 19.1 Å². The Labute approximate surface area is 117 Å². The highest BCUT2D eigenvalue weighted by Gasteiger charge is 2.32. The third-order valence-electron chi connectivity index (χ3n) is 3.41. The van der Waals surface area contributed by atoms with E-state index >= 15 is 0 Å². The Morgan fingerprint density at radius 3 is 2.53 bits per heavy atom. The Bertz CT molecular complexity index is 386. The first-order valence-corrected chi connectivity index (χ1v) is 7.02. The van der Waals surface area contributed by atoms with E-state index in [2.05, 4.69) is 0 Å². The molecule has 0 saturated carbocycles. The van der Waals surface area contributed by atoms with Crippen LogP contribution in [0, 0.1) is 5.41 Å². The van der Waals surface area contributed by atoms with E-state index in [1.807, 2.05) is 18.2 Å². The molecule has 94 valence electrons. The molecular weight excluding hydrogens is 279 g/mol. The number of halogens is 3. The number of hydrogen-bond donors (Lipinski definition) is 0. The molecule has 2 rings (SSSR count). The summed E-state index contributed by atoms with van der Waals surface area (Å²) in [7, 11) is 0. The molecule has 0 N–H and O–H groups in total. The summed E-state index contributed by atoms with van der Waals surface area (Å²) in [5.74, 6) is 0.638. The summed E-state index contributed by atoms with van der Waals surface area (Å²) in [6.07, 6.45) is 2.85. The van der Waals surface area contributed by atoms with Crippen LogP contribution in [0.5, 0.6) is 0 Å². The molecule has 17 heavy (non-hydrogen) atoms. The van der Waals surface area contributed by atoms with Crippen LogP contribution >= 0.6 is 34.8 Å². The summed E-state index contributed by atoms with van der Waals surface area (Å²) in [5.41, 5.74) is 1.19. The zero-order chi connectivity index (χ0) is 12.3. The van der Waals surface area contributed by atoms with E-state index in [1.165, 1.54) is 0 Å². The molecule has 0 aromatic heterocycles. The van der Waals surface area contributed by atoms with Gasteiger partial charge in [-0.15, -0.1) is 11.6 Å². The molecule has 1 saturated heterocycles. The zero-order valence-electron chi connectivity index (χ0n) is 9.52. The average Bonchev–Trinajstić information content (AvgIpc) is 2.35. The first-order chi connectivity index (χ1) is 8.15. The van der Waals surface area contributed by atoms with Crippen molar-refractivity contribution in [3.8, 4) is 0 Å². The molecule has 0 radical (unpaired) electrons. The number of alkyl halides is 1. The quantitative estimate of drug-likeness (QED) is 0.742. The van der Waals surface area contributed by atoms with Crippen molar-refractivity contribution in [1.29, 1.82) is 0 Å². The highest BCUT2D eigenvalue weighted by molar-refractivity contribution is 6.33. The van der Waals surface area contributed by atoms with Gasteiger partial charge in [0.2, 0.25) is 0 Å². The summed E-state index contributed by atoms with van der Waals surface area (Å²) >= 11 is 18.4. The van der Waals surface area contributed by atoms with E-state index in [0.717, 1.165) is 48.1 Å². The smallest absolute Gasteiger partial charge is 0.0471 e. The summed E-state index contributed by atoms with van der Waals surface area (Å²) < 4.78 is 5.40. The van der Waals surface area contributed by atoms with E-state index < -0.39 is 0 Å². The van der Waals surface area contributed by atoms with Gasteiger partial charge in [0.15, 0.2) is 0 Å². The van der Waals surface area contributed by atoms with Gasteiger partial charge in [0.25, 0.3) is 0 Å². The van der Waals surface area contributed by atoms with Crippen molar-refractivity contribution < 1.29 is 4.74 Å². The summed E-state index contributed by atoms with van der Waals surface area (Å²) in [6, 6.07) is 5.60. The lowest BCUT2D eigenvalue weighted by Crippen LogP contribution is -2.33. The largest absolute Gasteiger partial charge is 0.381 e. The molecule has 1 aliphatic rings. The van der Waals surface area contributed by atoms with Gasteiger partial charge >= 0.3 is 0 Å². The molecule has 1 aliphatic heterocycles. The third-order valence-corrected chi connectivity index (χ3v) is 4.58. The van der Waals surface area contributed by atoms with E-state index in [-0.39, 0.29) is 5.41 Å². The second-order valence-corrected chi connectivity index (χ2v) is 5.77. The SMILES string of the molecule is ClCC1(Cc2cc(Cl)ccc2Cl)CCOCC1. The molecule has 0 atom stereocenters. The van der Waals surface area contributed by atoms with Gasteiger partial charge in [-0.25, -0.2) is 0 Å². The van der Waals surface area contributed by atoms with Crippen molar-refractivity contribution in [2.24, 2.45) is 5.41 Å². The van der Waals surface area contributed by atoms with Gasteiger partial charge in [-0.1, -0.05) is 23.2 Å². The maximum atomic E-state index is 6.20. The number of benzene rings is 1. The van der Waals surface area contributed by atoms with Gasteiger partial charge in [0, 0.05) is 29.1 Å². The van der Waals surface area contributed by atoms with Crippen molar-refractivity contribution in [1.82, 2.24) is 0 Å². The lowest BCUT2D eigenvalue weighted by molar-refractivity contribution is 0.0258. The van der Waals surface area contributed by atoms with Gasteiger partial charge in [-0.3, -0.25) is 0 Å². The fraction of sp³-hybridized carbons (Fsp3) is 0.538. The van der Waals surface area contributed by atoms with Crippen LogP contribution in [-0.2, 0) is 11.2 Å². The normalized spacial score (nSPS) is 19.2. The Hall–Kier alpha value is 0.0500. The van der Waals surface area contributed by atoms with Gasteiger partial charge in [-0.2, -0.15) is 0 Å². The topological polar surface area (TPSA) is 9.23 Å². The van der Waals surface area contributed by atoms with Crippen molar-refractivity contribution in [3.63, 3.8) is 0 Å². The maximum Gasteiger partial charge on any atom is 0.0471 e. The molecule has 1 heterocycles. The number of hydrogen-bond acceptors (Lipinski definition) is 1. The minimum atomic E-state index is 0.105. The lowest BCUT2D eigenvalue weighted by atomic mass is 9.77. The minimum absolute atomic E-state index is 0.105. The van der Waals surface area contributed by atoms with Crippen molar-refractivity contribution in [3.05, 3.63) is 33.8 Å². The van der Waals surface area contributed by atoms with Crippen molar-refractivity contribution >= 4 is 34.8 Å². The summed E-state index contributed by atoms with van der Waals surface area (Å²) in [4.78, 5) is 0. The Morgan fingerprint density at radius 2 is 1.88 bits per heavy atom. The fourth-order valence-electron chi connectivity index (χ4n) is 2.24. The predicted molar refractivity (Wildman–Crippen MR) is 73.4 cm³/mol. The second-order valence-electron chi connectivity index (χ2n) is 4.66. The van der Waals surface area contributed by atoms with E-state index in [9.17, 15) is 0 Å². The van der Waals surface area contributed by atoms with Gasteiger partial charge in [0.1, 0.15) is 0 Å². The summed E-state index contributed by atoms with van der Waals surface area (Å²) in [5, 5.41) is 1.49. The minimum Gasteiger partial charge on any atom is -0.381 e. The summed E-state index contributed by atoms with van der Waals surface area (Å²) in [6.45, 7) is 1.57. The molecule has 0 aliphatic carbocycles. The van der Waals surface area contributed by atoms with Crippen LogP contribution in [0.4, 0.5) is 0 Å². The maximum absolute atomic E-state index is 6.20. The molecule has 0 amide bonds. The Balaban J connectivity index is 2.20. The zero-order valence-corrected chi connectivity index (χ0v) is 11.8. The van der Waals surface area contributed by atoms with Crippen LogP contribution in [0.15, 0.2) is 18.2 Å². The lowest BCUT2D eigenvalue weighted by Gasteiger charge is -2.35. The Morgan fingerprint density at radius 1 is 1.18 bits per heavy atom. The highest BCUT2D eigenvalue weighted by atomic mass is 35.5. The molecule has 0 bridgehead atoms. The standard InChI is InChI=1S/C13H15Cl3O/c14-9-13(3-5-17-6-4-13)8-10-7-11(15)1-2-12(10)16/h1-2,7H,3-6,8-9H2. The molecule has 1 fully saturated rings. The molecular formula is C13H15Cl3O. The van der Waals surface area contributed by atoms with Crippen molar-refractivity contribution in [2.75, 3.05) is 19.1 Å². The van der Waals surface area contributed by atoms with Gasteiger partial charge in [-0.05, 0) is 48.4 Å². The third kappa shape index (κ3) is 3.29. The van der Waals surface area contributed by atoms with Crippen LogP contribution in [0.25, 0.3) is 0 Å². The van der Waals surface area contributed by atoms with Crippen molar-refractivity contribution in [2.45, 2.75) is 19.3 Å². The van der Waals surface area contributed by atoms with Gasteiger partial charge in [0.05, 0.1) is 0 Å². The van der Waals surface area contributed by atoms with E-state index in [0.29, 0.717) is 5.88 Å². The average molecular weight is 294 g/mol. The van der Waals surface area contributed by atoms with E-state index in [1.54, 1.807) is 0 Å². The molecule has 1 aromatic carbocycles. The monoisotopic (exact) mass is 292 g/mol. The first kappa shape index (κ1) is 13.5. The van der Waals surface area contributed by atoms with Crippen LogP contribution in [0.2, 0.25) is 10.0 Å². The van der Waals surface area contributed by atoms with Crippen LogP contribution in [0.1, 0.15) is 18.4 Å². The predicted octanol–water partition coefficient (Wildman–Crippen LogP) is 4.57. The first-order valence-electron chi connectivity index (χ1n) is 5.73. The van der Waals surface area contributed by atoms with Gasteiger partial charge < -0.3 is 4.74 Å². The van der Waals surface area contributed by atoms with E-state index in [4.69, 9.17) is 39.5 Å². The molecule has 0 unspecified atom stereocenters.